The van der Waals surface area contributed by atoms with Crippen molar-refractivity contribution in [3.63, 3.8) is 0 Å². The fourth-order valence-corrected chi connectivity index (χ4v) is 3.17. The first kappa shape index (κ1) is 8.38. The Kier molecular flexibility index (Phi) is 2.28. The number of rotatable bonds is 1. The lowest BCUT2D eigenvalue weighted by atomic mass is 10.2. The molecule has 0 bridgehead atoms. The highest BCUT2D eigenvalue weighted by Gasteiger charge is 2.39. The predicted octanol–water partition coefficient (Wildman–Crippen LogP) is 0.270. The van der Waals surface area contributed by atoms with Crippen molar-refractivity contribution in [3.8, 4) is 0 Å². The number of hydrogen-bond donors (Lipinski definition) is 1. The van der Waals surface area contributed by atoms with Gasteiger partial charge in [-0.05, 0) is 19.2 Å². The van der Waals surface area contributed by atoms with Crippen LogP contribution in [0.4, 0.5) is 0 Å². The van der Waals surface area contributed by atoms with E-state index in [1.165, 1.54) is 5.75 Å². The molecule has 2 heterocycles. The van der Waals surface area contributed by atoms with Crippen LogP contribution in [0.15, 0.2) is 0 Å². The summed E-state index contributed by atoms with van der Waals surface area (Å²) in [5, 5.41) is 3.53. The molecule has 2 unspecified atom stereocenters. The molecule has 0 spiro atoms. The highest BCUT2D eigenvalue weighted by Crippen LogP contribution is 2.32. The third-order valence-electron chi connectivity index (χ3n) is 2.57. The fourth-order valence-electron chi connectivity index (χ4n) is 1.88. The highest BCUT2D eigenvalue weighted by molar-refractivity contribution is 7.99. The monoisotopic (exact) mass is 186 g/mol. The highest BCUT2D eigenvalue weighted by atomic mass is 32.2. The maximum Gasteiger partial charge on any atom is 0.240 e. The van der Waals surface area contributed by atoms with Gasteiger partial charge in [-0.25, -0.2) is 0 Å². The molecule has 2 aliphatic rings. The molecule has 0 aromatic heterocycles. The fraction of sp³-hybridized carbons (Fsp3) is 0.875. The summed E-state index contributed by atoms with van der Waals surface area (Å²) in [7, 11) is 1.87. The van der Waals surface area contributed by atoms with Crippen LogP contribution in [0.1, 0.15) is 12.8 Å². The van der Waals surface area contributed by atoms with E-state index in [0.717, 1.165) is 19.4 Å². The minimum absolute atomic E-state index is 0.0839. The molecule has 0 radical (unpaired) electrons. The number of amides is 1. The number of carbonyl (C=O) groups is 1. The Hall–Kier alpha value is -0.220. The summed E-state index contributed by atoms with van der Waals surface area (Å²) in [6, 6.07) is 0.0839. The lowest BCUT2D eigenvalue weighted by molar-refractivity contribution is -0.129. The first-order chi connectivity index (χ1) is 5.83. The molecule has 0 aromatic rings. The smallest absolute Gasteiger partial charge is 0.240 e. The third-order valence-corrected chi connectivity index (χ3v) is 3.92. The maximum atomic E-state index is 11.6. The van der Waals surface area contributed by atoms with Crippen LogP contribution in [0.5, 0.6) is 0 Å². The average Bonchev–Trinajstić information content (AvgIpc) is 2.44. The first-order valence-corrected chi connectivity index (χ1v) is 5.47. The van der Waals surface area contributed by atoms with E-state index in [9.17, 15) is 4.79 Å². The SMILES string of the molecule is CNC1CC2SCCCN2C1=O. The van der Waals surface area contributed by atoms with Crippen LogP contribution in [0.3, 0.4) is 0 Å². The normalized spacial score (nSPS) is 35.4. The number of carbonyl (C=O) groups excluding carboxylic acids is 1. The van der Waals surface area contributed by atoms with E-state index < -0.39 is 0 Å². The van der Waals surface area contributed by atoms with E-state index >= 15 is 0 Å². The summed E-state index contributed by atoms with van der Waals surface area (Å²) in [4.78, 5) is 13.6. The Balaban J connectivity index is 2.08. The molecule has 2 fully saturated rings. The lowest BCUT2D eigenvalue weighted by Gasteiger charge is -2.28. The Morgan fingerprint density at radius 1 is 1.67 bits per heavy atom. The zero-order valence-corrected chi connectivity index (χ0v) is 8.06. The summed E-state index contributed by atoms with van der Waals surface area (Å²) in [6.45, 7) is 0.967. The minimum atomic E-state index is 0.0839. The van der Waals surface area contributed by atoms with Gasteiger partial charge in [0.2, 0.25) is 5.91 Å². The van der Waals surface area contributed by atoms with E-state index in [1.807, 2.05) is 23.7 Å². The van der Waals surface area contributed by atoms with Crippen molar-refractivity contribution in [2.45, 2.75) is 24.3 Å². The molecule has 1 N–H and O–H groups in total. The number of nitrogens with zero attached hydrogens (tertiary/aromatic N) is 1. The molecular formula is C8H14N2OS. The number of hydrogen-bond acceptors (Lipinski definition) is 3. The number of likely N-dealkylation sites (N-methyl/N-ethyl adjacent to an activating group) is 1. The Morgan fingerprint density at radius 3 is 3.17 bits per heavy atom. The van der Waals surface area contributed by atoms with E-state index in [0.29, 0.717) is 11.3 Å². The second-order valence-electron chi connectivity index (χ2n) is 3.29. The van der Waals surface area contributed by atoms with Crippen LogP contribution in [-0.4, -0.2) is 41.6 Å². The summed E-state index contributed by atoms with van der Waals surface area (Å²) >= 11 is 1.92. The van der Waals surface area contributed by atoms with E-state index in [2.05, 4.69) is 5.32 Å². The molecule has 0 aromatic carbocycles. The van der Waals surface area contributed by atoms with Gasteiger partial charge in [-0.1, -0.05) is 0 Å². The molecule has 3 nitrogen and oxygen atoms in total. The van der Waals surface area contributed by atoms with Crippen molar-refractivity contribution in [2.75, 3.05) is 19.3 Å². The second-order valence-corrected chi connectivity index (χ2v) is 4.57. The van der Waals surface area contributed by atoms with Gasteiger partial charge < -0.3 is 10.2 Å². The van der Waals surface area contributed by atoms with Crippen LogP contribution < -0.4 is 5.32 Å². The summed E-state index contributed by atoms with van der Waals surface area (Å²) in [5.41, 5.74) is 0. The van der Waals surface area contributed by atoms with Gasteiger partial charge >= 0.3 is 0 Å². The van der Waals surface area contributed by atoms with Crippen LogP contribution in [0, 0.1) is 0 Å². The van der Waals surface area contributed by atoms with Crippen molar-refractivity contribution in [1.29, 1.82) is 0 Å². The summed E-state index contributed by atoms with van der Waals surface area (Å²) in [5.74, 6) is 1.51. The minimum Gasteiger partial charge on any atom is -0.329 e. The third kappa shape index (κ3) is 1.23. The molecule has 12 heavy (non-hydrogen) atoms. The number of fused-ring (bicyclic) bond motifs is 1. The maximum absolute atomic E-state index is 11.6. The molecule has 2 atom stereocenters. The van der Waals surface area contributed by atoms with Gasteiger partial charge in [0.1, 0.15) is 0 Å². The quantitative estimate of drug-likeness (QED) is 0.638. The lowest BCUT2D eigenvalue weighted by Crippen LogP contribution is -2.39. The van der Waals surface area contributed by atoms with Crippen LogP contribution in [-0.2, 0) is 4.79 Å². The van der Waals surface area contributed by atoms with Gasteiger partial charge in [0.25, 0.3) is 0 Å². The molecule has 1 amide bonds. The summed E-state index contributed by atoms with van der Waals surface area (Å²) in [6.07, 6.45) is 2.14. The predicted molar refractivity (Wildman–Crippen MR) is 50.0 cm³/mol. The van der Waals surface area contributed by atoms with Crippen molar-refractivity contribution >= 4 is 17.7 Å². The van der Waals surface area contributed by atoms with Gasteiger partial charge in [0, 0.05) is 13.0 Å². The van der Waals surface area contributed by atoms with Crippen LogP contribution in [0.25, 0.3) is 0 Å². The Morgan fingerprint density at radius 2 is 2.50 bits per heavy atom. The van der Waals surface area contributed by atoms with Crippen molar-refractivity contribution in [3.05, 3.63) is 0 Å². The zero-order valence-electron chi connectivity index (χ0n) is 7.25. The first-order valence-electron chi connectivity index (χ1n) is 4.42. The van der Waals surface area contributed by atoms with Crippen molar-refractivity contribution < 1.29 is 4.79 Å². The molecule has 0 aliphatic carbocycles. The van der Waals surface area contributed by atoms with E-state index in [-0.39, 0.29) is 6.04 Å². The molecule has 0 saturated carbocycles. The molecule has 2 rings (SSSR count). The average molecular weight is 186 g/mol. The van der Waals surface area contributed by atoms with E-state index in [4.69, 9.17) is 0 Å². The van der Waals surface area contributed by atoms with Gasteiger partial charge in [-0.15, -0.1) is 11.8 Å². The van der Waals surface area contributed by atoms with Crippen LogP contribution >= 0.6 is 11.8 Å². The zero-order chi connectivity index (χ0) is 8.55. The molecule has 2 aliphatic heterocycles. The van der Waals surface area contributed by atoms with Crippen molar-refractivity contribution in [1.82, 2.24) is 10.2 Å². The van der Waals surface area contributed by atoms with Gasteiger partial charge in [0.15, 0.2) is 0 Å². The number of nitrogens with one attached hydrogen (secondary N) is 1. The number of thioether (sulfide) groups is 1. The van der Waals surface area contributed by atoms with Gasteiger partial charge in [-0.2, -0.15) is 0 Å². The second kappa shape index (κ2) is 3.26. The largest absolute Gasteiger partial charge is 0.329 e. The van der Waals surface area contributed by atoms with Gasteiger partial charge in [-0.3, -0.25) is 4.79 Å². The molecule has 68 valence electrons. The Bertz CT molecular complexity index is 197. The van der Waals surface area contributed by atoms with Gasteiger partial charge in [0.05, 0.1) is 11.4 Å². The van der Waals surface area contributed by atoms with Crippen molar-refractivity contribution in [2.24, 2.45) is 0 Å². The molecule has 2 saturated heterocycles. The molecular weight excluding hydrogens is 172 g/mol. The van der Waals surface area contributed by atoms with Crippen LogP contribution in [0.2, 0.25) is 0 Å². The van der Waals surface area contributed by atoms with E-state index in [1.54, 1.807) is 0 Å². The standard InChI is InChI=1S/C8H14N2OS/c1-9-6-5-7-10(8(6)11)3-2-4-12-7/h6-7,9H,2-5H2,1H3. The topological polar surface area (TPSA) is 32.3 Å². The molecule has 4 heteroatoms. The Labute approximate surface area is 76.9 Å². The summed E-state index contributed by atoms with van der Waals surface area (Å²) < 4.78 is 0.